The SMILES string of the molecule is CCCCCNC1S[C@@H]2CC(=O)N2CC1(CSc1nnnn1CC(=O)O)C(=O)O. The van der Waals surface area contributed by atoms with Crippen molar-refractivity contribution in [1.29, 1.82) is 0 Å². The van der Waals surface area contributed by atoms with Gasteiger partial charge in [-0.3, -0.25) is 14.4 Å². The van der Waals surface area contributed by atoms with Crippen LogP contribution in [0.2, 0.25) is 0 Å². The van der Waals surface area contributed by atoms with Crippen LogP contribution in [0.15, 0.2) is 5.16 Å². The molecule has 0 aromatic carbocycles. The van der Waals surface area contributed by atoms with Gasteiger partial charge in [0.05, 0.1) is 17.2 Å². The van der Waals surface area contributed by atoms with Crippen LogP contribution in [0.1, 0.15) is 32.6 Å². The molecule has 0 radical (unpaired) electrons. The second-order valence-electron chi connectivity index (χ2n) is 7.12. The maximum atomic E-state index is 12.4. The molecule has 1 aromatic heterocycles. The van der Waals surface area contributed by atoms with E-state index in [1.165, 1.54) is 11.8 Å². The smallest absolute Gasteiger partial charge is 0.325 e. The fourth-order valence-electron chi connectivity index (χ4n) is 3.35. The van der Waals surface area contributed by atoms with Gasteiger partial charge in [0, 0.05) is 12.3 Å². The van der Waals surface area contributed by atoms with Gasteiger partial charge in [-0.1, -0.05) is 31.5 Å². The highest BCUT2D eigenvalue weighted by Gasteiger charge is 2.57. The number of β-lactam (4-membered cyclic amide) rings is 1. The number of nitrogens with one attached hydrogen (secondary N) is 1. The number of carbonyl (C=O) groups is 3. The summed E-state index contributed by atoms with van der Waals surface area (Å²) in [5, 5.41) is 33.3. The highest BCUT2D eigenvalue weighted by atomic mass is 32.2. The zero-order valence-corrected chi connectivity index (χ0v) is 17.6. The minimum atomic E-state index is -1.24. The molecule has 2 fully saturated rings. The summed E-state index contributed by atoms with van der Waals surface area (Å²) in [6.07, 6.45) is 3.49. The number of amides is 1. The first kappa shape index (κ1) is 21.8. The summed E-state index contributed by atoms with van der Waals surface area (Å²) >= 11 is 2.57. The zero-order chi connectivity index (χ0) is 21.0. The molecule has 0 aliphatic carbocycles. The van der Waals surface area contributed by atoms with Crippen LogP contribution in [-0.2, 0) is 20.9 Å². The molecule has 29 heavy (non-hydrogen) atoms. The lowest BCUT2D eigenvalue weighted by Gasteiger charge is -2.53. The summed E-state index contributed by atoms with van der Waals surface area (Å²) in [5.41, 5.74) is -1.24. The third kappa shape index (κ3) is 4.67. The van der Waals surface area contributed by atoms with E-state index in [1.54, 1.807) is 4.90 Å². The van der Waals surface area contributed by atoms with Crippen molar-refractivity contribution in [3.05, 3.63) is 0 Å². The van der Waals surface area contributed by atoms with Crippen LogP contribution in [0.25, 0.3) is 0 Å². The number of nitrogens with zero attached hydrogens (tertiary/aromatic N) is 5. The molecule has 3 N–H and O–H groups in total. The maximum absolute atomic E-state index is 12.4. The van der Waals surface area contributed by atoms with Crippen LogP contribution in [0.5, 0.6) is 0 Å². The molecule has 1 aromatic rings. The Hall–Kier alpha value is -1.86. The fraction of sp³-hybridized carbons (Fsp3) is 0.750. The summed E-state index contributed by atoms with van der Waals surface area (Å²) in [5.74, 6) is -2.03. The average Bonchev–Trinajstić information content (AvgIpc) is 3.10. The van der Waals surface area contributed by atoms with Crippen molar-refractivity contribution in [2.45, 2.75) is 55.1 Å². The van der Waals surface area contributed by atoms with Gasteiger partial charge >= 0.3 is 11.9 Å². The van der Waals surface area contributed by atoms with Crippen LogP contribution in [-0.4, -0.2) is 82.8 Å². The molecular formula is C16H24N6O5S2. The van der Waals surface area contributed by atoms with Gasteiger partial charge in [0.15, 0.2) is 0 Å². The average molecular weight is 445 g/mol. The number of rotatable bonds is 11. The van der Waals surface area contributed by atoms with Gasteiger partial charge in [0.25, 0.3) is 0 Å². The fourth-order valence-corrected chi connectivity index (χ4v) is 6.19. The molecule has 1 amide bonds. The molecule has 13 heteroatoms. The molecule has 0 spiro atoms. The predicted molar refractivity (Wildman–Crippen MR) is 105 cm³/mol. The highest BCUT2D eigenvalue weighted by molar-refractivity contribution is 8.01. The van der Waals surface area contributed by atoms with E-state index in [0.29, 0.717) is 13.0 Å². The van der Waals surface area contributed by atoms with Crippen LogP contribution in [0.4, 0.5) is 0 Å². The predicted octanol–water partition coefficient (Wildman–Crippen LogP) is 0.332. The Labute approximate surface area is 176 Å². The van der Waals surface area contributed by atoms with E-state index in [4.69, 9.17) is 5.11 Å². The highest BCUT2D eigenvalue weighted by Crippen LogP contribution is 2.48. The number of hydrogen-bond donors (Lipinski definition) is 3. The minimum absolute atomic E-state index is 0.000908. The number of thioether (sulfide) groups is 2. The van der Waals surface area contributed by atoms with Crippen molar-refractivity contribution in [3.63, 3.8) is 0 Å². The van der Waals surface area contributed by atoms with Crippen LogP contribution in [0, 0.1) is 5.41 Å². The molecule has 2 aliphatic rings. The van der Waals surface area contributed by atoms with Gasteiger partial charge in [0.1, 0.15) is 12.0 Å². The van der Waals surface area contributed by atoms with Crippen molar-refractivity contribution < 1.29 is 24.6 Å². The number of tetrazole rings is 1. The molecule has 3 atom stereocenters. The third-order valence-electron chi connectivity index (χ3n) is 5.04. The second kappa shape index (κ2) is 9.30. The first-order valence-electron chi connectivity index (χ1n) is 9.40. The lowest BCUT2D eigenvalue weighted by atomic mass is 9.87. The number of aliphatic carboxylic acids is 2. The largest absolute Gasteiger partial charge is 0.481 e. The molecule has 3 rings (SSSR count). The quantitative estimate of drug-likeness (QED) is 0.246. The molecule has 2 unspecified atom stereocenters. The third-order valence-corrected chi connectivity index (χ3v) is 7.88. The standard InChI is InChI=1S/C16H24N6O5S2/c1-2-3-4-5-17-13-16(14(26)27,8-21-10(23)6-11(21)29-13)9-28-15-18-19-20-22(15)7-12(24)25/h11,13,17H,2-9H2,1H3,(H,24,25)(H,26,27)/t11-,13?,16?/m1/s1. The van der Waals surface area contributed by atoms with Gasteiger partial charge in [0.2, 0.25) is 11.1 Å². The van der Waals surface area contributed by atoms with Crippen molar-refractivity contribution in [3.8, 4) is 0 Å². The number of carbonyl (C=O) groups excluding carboxylic acids is 1. The number of aromatic nitrogens is 4. The molecular weight excluding hydrogens is 420 g/mol. The summed E-state index contributed by atoms with van der Waals surface area (Å²) in [6, 6.07) is 0. The Balaban J connectivity index is 1.77. The number of hydrogen-bond acceptors (Lipinski definition) is 9. The Morgan fingerprint density at radius 2 is 2.17 bits per heavy atom. The number of fused-ring (bicyclic) bond motifs is 1. The van der Waals surface area contributed by atoms with Crippen LogP contribution in [0.3, 0.4) is 0 Å². The van der Waals surface area contributed by atoms with Crippen LogP contribution >= 0.6 is 23.5 Å². The van der Waals surface area contributed by atoms with Crippen molar-refractivity contribution in [2.75, 3.05) is 18.8 Å². The van der Waals surface area contributed by atoms with Crippen molar-refractivity contribution in [2.24, 2.45) is 5.41 Å². The number of carboxylic acid groups (broad SMARTS) is 2. The Kier molecular flexibility index (Phi) is 7.01. The Morgan fingerprint density at radius 3 is 2.83 bits per heavy atom. The summed E-state index contributed by atoms with van der Waals surface area (Å²) in [6.45, 7) is 2.50. The minimum Gasteiger partial charge on any atom is -0.481 e. The summed E-state index contributed by atoms with van der Waals surface area (Å²) < 4.78 is 1.12. The summed E-state index contributed by atoms with van der Waals surface area (Å²) in [7, 11) is 0. The van der Waals surface area contributed by atoms with E-state index in [-0.39, 0.29) is 34.1 Å². The zero-order valence-electron chi connectivity index (χ0n) is 16.0. The first-order chi connectivity index (χ1) is 13.9. The lowest BCUT2D eigenvalue weighted by Crippen LogP contribution is -2.67. The van der Waals surface area contributed by atoms with E-state index >= 15 is 0 Å². The number of unbranched alkanes of at least 4 members (excludes halogenated alkanes) is 2. The molecule has 0 saturated carbocycles. The summed E-state index contributed by atoms with van der Waals surface area (Å²) in [4.78, 5) is 37.0. The van der Waals surface area contributed by atoms with E-state index < -0.39 is 23.9 Å². The monoisotopic (exact) mass is 444 g/mol. The van der Waals surface area contributed by atoms with E-state index in [9.17, 15) is 19.5 Å². The molecule has 160 valence electrons. The lowest BCUT2D eigenvalue weighted by molar-refractivity contribution is -0.156. The van der Waals surface area contributed by atoms with Gasteiger partial charge in [-0.25, -0.2) is 4.68 Å². The van der Waals surface area contributed by atoms with Crippen LogP contribution < -0.4 is 5.32 Å². The Bertz CT molecular complexity index is 777. The first-order valence-corrected chi connectivity index (χ1v) is 11.3. The molecule has 2 saturated heterocycles. The second-order valence-corrected chi connectivity index (χ2v) is 9.35. The van der Waals surface area contributed by atoms with E-state index in [0.717, 1.165) is 35.7 Å². The normalized spacial score (nSPS) is 26.1. The van der Waals surface area contributed by atoms with Gasteiger partial charge in [-0.2, -0.15) is 0 Å². The Morgan fingerprint density at radius 1 is 1.38 bits per heavy atom. The molecule has 11 nitrogen and oxygen atoms in total. The number of carboxylic acids is 2. The molecule has 3 heterocycles. The maximum Gasteiger partial charge on any atom is 0.325 e. The van der Waals surface area contributed by atoms with Crippen molar-refractivity contribution >= 4 is 41.4 Å². The van der Waals surface area contributed by atoms with E-state index in [1.807, 2.05) is 0 Å². The van der Waals surface area contributed by atoms with Gasteiger partial charge < -0.3 is 20.4 Å². The van der Waals surface area contributed by atoms with Crippen molar-refractivity contribution in [1.82, 2.24) is 30.4 Å². The topological polar surface area (TPSA) is 151 Å². The van der Waals surface area contributed by atoms with Gasteiger partial charge in [-0.05, 0) is 23.4 Å². The van der Waals surface area contributed by atoms with E-state index in [2.05, 4.69) is 27.8 Å². The molecule has 0 bridgehead atoms. The van der Waals surface area contributed by atoms with Gasteiger partial charge in [-0.15, -0.1) is 16.9 Å². The molecule has 2 aliphatic heterocycles.